The standard InChI is InChI=1S/C19H24N2O4/c1-2-10-25-16-5-3-4-14(11-16)19(24)21-17(12-22)18(23)13-6-8-15(20)9-7-13/h3-9,11,17-18,22-23H,2,10,12,20H2,1H3,(H,21,24). The molecule has 0 aromatic heterocycles. The Bertz CT molecular complexity index is 688. The molecular formula is C19H24N2O4. The molecule has 0 aliphatic heterocycles. The summed E-state index contributed by atoms with van der Waals surface area (Å²) in [4.78, 5) is 12.4. The first kappa shape index (κ1) is 18.8. The molecule has 0 aliphatic rings. The number of benzene rings is 2. The third kappa shape index (κ3) is 5.20. The van der Waals surface area contributed by atoms with Gasteiger partial charge in [0.1, 0.15) is 11.9 Å². The zero-order valence-corrected chi connectivity index (χ0v) is 14.2. The second kappa shape index (κ2) is 9.05. The Morgan fingerprint density at radius 3 is 2.60 bits per heavy atom. The molecule has 25 heavy (non-hydrogen) atoms. The molecule has 0 heterocycles. The first-order valence-corrected chi connectivity index (χ1v) is 8.23. The van der Waals surface area contributed by atoms with E-state index >= 15 is 0 Å². The first-order valence-electron chi connectivity index (χ1n) is 8.23. The van der Waals surface area contributed by atoms with Crippen LogP contribution < -0.4 is 15.8 Å². The number of carbonyl (C=O) groups excluding carboxylic acids is 1. The molecule has 134 valence electrons. The summed E-state index contributed by atoms with van der Waals surface area (Å²) in [6.45, 7) is 2.17. The zero-order valence-electron chi connectivity index (χ0n) is 14.2. The highest BCUT2D eigenvalue weighted by atomic mass is 16.5. The van der Waals surface area contributed by atoms with Crippen LogP contribution in [-0.4, -0.2) is 35.4 Å². The van der Waals surface area contributed by atoms with E-state index in [9.17, 15) is 15.0 Å². The summed E-state index contributed by atoms with van der Waals surface area (Å²) < 4.78 is 5.51. The van der Waals surface area contributed by atoms with Gasteiger partial charge in [-0.2, -0.15) is 0 Å². The van der Waals surface area contributed by atoms with Gasteiger partial charge in [-0.1, -0.05) is 25.1 Å². The normalized spacial score (nSPS) is 13.1. The molecule has 2 rings (SSSR count). The zero-order chi connectivity index (χ0) is 18.2. The molecule has 0 aliphatic carbocycles. The van der Waals surface area contributed by atoms with Crippen molar-refractivity contribution in [3.8, 4) is 5.75 Å². The number of carbonyl (C=O) groups is 1. The molecular weight excluding hydrogens is 320 g/mol. The molecule has 0 radical (unpaired) electrons. The number of hydrogen-bond acceptors (Lipinski definition) is 5. The number of rotatable bonds is 8. The van der Waals surface area contributed by atoms with Crippen LogP contribution in [0.5, 0.6) is 5.75 Å². The Kier molecular flexibility index (Phi) is 6.80. The Labute approximate surface area is 147 Å². The number of amides is 1. The number of nitrogens with two attached hydrogens (primary N) is 1. The van der Waals surface area contributed by atoms with Crippen molar-refractivity contribution < 1.29 is 19.7 Å². The van der Waals surface area contributed by atoms with Crippen molar-refractivity contribution in [3.63, 3.8) is 0 Å². The highest BCUT2D eigenvalue weighted by molar-refractivity contribution is 5.94. The number of nitrogens with one attached hydrogen (secondary N) is 1. The van der Waals surface area contributed by atoms with Gasteiger partial charge in [0, 0.05) is 11.3 Å². The third-order valence-corrected chi connectivity index (χ3v) is 3.74. The topological polar surface area (TPSA) is 105 Å². The fourth-order valence-electron chi connectivity index (χ4n) is 2.35. The maximum absolute atomic E-state index is 12.4. The van der Waals surface area contributed by atoms with Crippen LogP contribution in [0.15, 0.2) is 48.5 Å². The minimum absolute atomic E-state index is 0.393. The van der Waals surface area contributed by atoms with Gasteiger partial charge in [-0.25, -0.2) is 0 Å². The minimum atomic E-state index is -1.05. The lowest BCUT2D eigenvalue weighted by Gasteiger charge is -2.23. The maximum Gasteiger partial charge on any atom is 0.251 e. The van der Waals surface area contributed by atoms with Gasteiger partial charge in [-0.3, -0.25) is 4.79 Å². The van der Waals surface area contributed by atoms with Gasteiger partial charge in [0.2, 0.25) is 0 Å². The summed E-state index contributed by atoms with van der Waals surface area (Å²) in [5.41, 5.74) is 7.16. The van der Waals surface area contributed by atoms with Gasteiger partial charge in [0.05, 0.1) is 19.3 Å². The lowest BCUT2D eigenvalue weighted by Crippen LogP contribution is -2.42. The second-order valence-electron chi connectivity index (χ2n) is 5.75. The molecule has 0 fully saturated rings. The van der Waals surface area contributed by atoms with Crippen molar-refractivity contribution in [2.75, 3.05) is 18.9 Å². The van der Waals surface area contributed by atoms with Crippen molar-refractivity contribution in [1.29, 1.82) is 0 Å². The summed E-state index contributed by atoms with van der Waals surface area (Å²) in [6.07, 6.45) is -0.175. The van der Waals surface area contributed by atoms with E-state index in [0.717, 1.165) is 6.42 Å². The molecule has 1 amide bonds. The average Bonchev–Trinajstić information content (AvgIpc) is 2.64. The van der Waals surface area contributed by atoms with E-state index in [1.165, 1.54) is 0 Å². The molecule has 2 aromatic rings. The summed E-state index contributed by atoms with van der Waals surface area (Å²) in [7, 11) is 0. The second-order valence-corrected chi connectivity index (χ2v) is 5.75. The molecule has 0 saturated carbocycles. The van der Waals surface area contributed by atoms with E-state index in [1.54, 1.807) is 48.5 Å². The summed E-state index contributed by atoms with van der Waals surface area (Å²) >= 11 is 0. The lowest BCUT2D eigenvalue weighted by atomic mass is 10.0. The van der Waals surface area contributed by atoms with Crippen molar-refractivity contribution in [2.45, 2.75) is 25.5 Å². The fraction of sp³-hybridized carbons (Fsp3) is 0.316. The van der Waals surface area contributed by atoms with Gasteiger partial charge in [0.15, 0.2) is 0 Å². The van der Waals surface area contributed by atoms with Crippen molar-refractivity contribution in [1.82, 2.24) is 5.32 Å². The Hall–Kier alpha value is -2.57. The smallest absolute Gasteiger partial charge is 0.251 e. The number of nitrogen functional groups attached to an aromatic ring is 1. The first-order chi connectivity index (χ1) is 12.0. The van der Waals surface area contributed by atoms with Crippen molar-refractivity contribution >= 4 is 11.6 Å². The van der Waals surface area contributed by atoms with E-state index in [-0.39, 0.29) is 0 Å². The maximum atomic E-state index is 12.4. The number of aliphatic hydroxyl groups excluding tert-OH is 2. The quantitative estimate of drug-likeness (QED) is 0.547. The summed E-state index contributed by atoms with van der Waals surface area (Å²) in [6, 6.07) is 12.6. The van der Waals surface area contributed by atoms with Crippen LogP contribution in [0, 0.1) is 0 Å². The molecule has 2 aromatic carbocycles. The largest absolute Gasteiger partial charge is 0.494 e. The van der Waals surface area contributed by atoms with E-state index in [0.29, 0.717) is 29.2 Å². The van der Waals surface area contributed by atoms with Crippen LogP contribution in [0.4, 0.5) is 5.69 Å². The third-order valence-electron chi connectivity index (χ3n) is 3.74. The van der Waals surface area contributed by atoms with Crippen LogP contribution in [0.3, 0.4) is 0 Å². The predicted molar refractivity (Wildman–Crippen MR) is 96.4 cm³/mol. The summed E-state index contributed by atoms with van der Waals surface area (Å²) in [5.74, 6) is 0.213. The SMILES string of the molecule is CCCOc1cccc(C(=O)NC(CO)C(O)c2ccc(N)cc2)c1. The van der Waals surface area contributed by atoms with Crippen LogP contribution in [0.25, 0.3) is 0 Å². The molecule has 0 saturated heterocycles. The van der Waals surface area contributed by atoms with E-state index in [2.05, 4.69) is 5.32 Å². The van der Waals surface area contributed by atoms with Crippen LogP contribution in [-0.2, 0) is 0 Å². The van der Waals surface area contributed by atoms with E-state index in [4.69, 9.17) is 10.5 Å². The van der Waals surface area contributed by atoms with Crippen molar-refractivity contribution in [3.05, 3.63) is 59.7 Å². The number of ether oxygens (including phenoxy) is 1. The van der Waals surface area contributed by atoms with E-state index in [1.807, 2.05) is 6.92 Å². The van der Waals surface area contributed by atoms with Gasteiger partial charge in [-0.15, -0.1) is 0 Å². The van der Waals surface area contributed by atoms with Crippen LogP contribution in [0.2, 0.25) is 0 Å². The molecule has 0 spiro atoms. The molecule has 6 heteroatoms. The number of hydrogen-bond donors (Lipinski definition) is 4. The molecule has 2 unspecified atom stereocenters. The van der Waals surface area contributed by atoms with Gasteiger partial charge >= 0.3 is 0 Å². The molecule has 5 N–H and O–H groups in total. The number of aliphatic hydroxyl groups is 2. The highest BCUT2D eigenvalue weighted by Crippen LogP contribution is 2.19. The monoisotopic (exact) mass is 344 g/mol. The number of anilines is 1. The van der Waals surface area contributed by atoms with E-state index < -0.39 is 24.7 Å². The minimum Gasteiger partial charge on any atom is -0.494 e. The Balaban J connectivity index is 2.07. The fourth-order valence-corrected chi connectivity index (χ4v) is 2.35. The van der Waals surface area contributed by atoms with Gasteiger partial charge in [-0.05, 0) is 42.3 Å². The summed E-state index contributed by atoms with van der Waals surface area (Å²) in [5, 5.41) is 22.6. The lowest BCUT2D eigenvalue weighted by molar-refractivity contribution is 0.0703. The average molecular weight is 344 g/mol. The molecule has 0 bridgehead atoms. The van der Waals surface area contributed by atoms with Gasteiger partial charge < -0.3 is 26.0 Å². The van der Waals surface area contributed by atoms with Crippen LogP contribution >= 0.6 is 0 Å². The van der Waals surface area contributed by atoms with Crippen molar-refractivity contribution in [2.24, 2.45) is 0 Å². The Morgan fingerprint density at radius 1 is 1.24 bits per heavy atom. The molecule has 2 atom stereocenters. The predicted octanol–water partition coefficient (Wildman–Crippen LogP) is 1.88. The highest BCUT2D eigenvalue weighted by Gasteiger charge is 2.23. The van der Waals surface area contributed by atoms with Crippen LogP contribution in [0.1, 0.15) is 35.4 Å². The molecule has 6 nitrogen and oxygen atoms in total. The Morgan fingerprint density at radius 2 is 1.96 bits per heavy atom. The van der Waals surface area contributed by atoms with Gasteiger partial charge in [0.25, 0.3) is 5.91 Å².